The summed E-state index contributed by atoms with van der Waals surface area (Å²) in [6.07, 6.45) is 1.66. The van der Waals surface area contributed by atoms with E-state index in [1.54, 1.807) is 19.2 Å². The number of pyridine rings is 1. The topological polar surface area (TPSA) is 33.2 Å². The van der Waals surface area contributed by atoms with E-state index in [-0.39, 0.29) is 11.8 Å². The number of carbonyl (C=O) groups excluding carboxylic acids is 1. The highest BCUT2D eigenvalue weighted by molar-refractivity contribution is 6.30. The van der Waals surface area contributed by atoms with E-state index >= 15 is 0 Å². The van der Waals surface area contributed by atoms with Crippen LogP contribution < -0.4 is 4.90 Å². The highest BCUT2D eigenvalue weighted by Crippen LogP contribution is 2.26. The molecule has 0 saturated carbocycles. The van der Waals surface area contributed by atoms with Crippen molar-refractivity contribution in [3.8, 4) is 0 Å². The van der Waals surface area contributed by atoms with Gasteiger partial charge in [0.15, 0.2) is 5.78 Å². The Labute approximate surface area is 124 Å². The molecule has 0 saturated heterocycles. The summed E-state index contributed by atoms with van der Waals surface area (Å²) in [6.45, 7) is 3.63. The Morgan fingerprint density at radius 2 is 2.05 bits per heavy atom. The largest absolute Gasteiger partial charge is 0.353 e. The van der Waals surface area contributed by atoms with Gasteiger partial charge in [0.05, 0.1) is 6.04 Å². The van der Waals surface area contributed by atoms with Gasteiger partial charge in [0.1, 0.15) is 5.82 Å². The minimum atomic E-state index is 0.0393. The number of benzene rings is 1. The van der Waals surface area contributed by atoms with Crippen LogP contribution in [0.25, 0.3) is 0 Å². The molecule has 1 atom stereocenters. The number of anilines is 1. The number of rotatable bonds is 4. The second-order valence-electron chi connectivity index (χ2n) is 4.80. The minimum absolute atomic E-state index is 0.0393. The normalized spacial score (nSPS) is 12.0. The number of hydrogen-bond acceptors (Lipinski definition) is 3. The van der Waals surface area contributed by atoms with Gasteiger partial charge >= 0.3 is 0 Å². The molecule has 0 aliphatic rings. The van der Waals surface area contributed by atoms with Crippen molar-refractivity contribution in [2.75, 3.05) is 11.9 Å². The third kappa shape index (κ3) is 3.17. The zero-order valence-corrected chi connectivity index (χ0v) is 12.6. The first kappa shape index (κ1) is 14.5. The Balaban J connectivity index is 2.28. The zero-order chi connectivity index (χ0) is 14.7. The quantitative estimate of drug-likeness (QED) is 0.793. The van der Waals surface area contributed by atoms with Gasteiger partial charge in [-0.1, -0.05) is 23.7 Å². The van der Waals surface area contributed by atoms with Gasteiger partial charge in [0.2, 0.25) is 0 Å². The van der Waals surface area contributed by atoms with Crippen LogP contribution in [0.3, 0.4) is 0 Å². The molecule has 1 heterocycles. The number of halogens is 1. The smallest absolute Gasteiger partial charge is 0.159 e. The monoisotopic (exact) mass is 288 g/mol. The second kappa shape index (κ2) is 6.06. The van der Waals surface area contributed by atoms with Crippen LogP contribution in [-0.4, -0.2) is 17.8 Å². The molecule has 0 aliphatic heterocycles. The van der Waals surface area contributed by atoms with E-state index in [4.69, 9.17) is 11.6 Å². The maximum absolute atomic E-state index is 11.4. The predicted molar refractivity (Wildman–Crippen MR) is 82.5 cm³/mol. The van der Waals surface area contributed by atoms with Crippen molar-refractivity contribution in [1.29, 1.82) is 0 Å². The lowest BCUT2D eigenvalue weighted by molar-refractivity contribution is 0.101. The molecule has 0 N–H and O–H groups in total. The van der Waals surface area contributed by atoms with Gasteiger partial charge in [-0.15, -0.1) is 0 Å². The fourth-order valence-electron chi connectivity index (χ4n) is 2.02. The van der Waals surface area contributed by atoms with E-state index in [0.29, 0.717) is 10.6 Å². The van der Waals surface area contributed by atoms with Crippen LogP contribution in [0, 0.1) is 0 Å². The number of hydrogen-bond donors (Lipinski definition) is 0. The standard InChI is InChI=1S/C16H17ClN2O/c1-11(13-5-4-6-15(17)9-13)19(3)16-10-14(12(2)20)7-8-18-16/h4-11H,1-3H3. The molecule has 0 amide bonds. The SMILES string of the molecule is CC(=O)c1ccnc(N(C)C(C)c2cccc(Cl)c2)c1. The van der Waals surface area contributed by atoms with Crippen LogP contribution in [0.1, 0.15) is 35.8 Å². The molecule has 0 spiro atoms. The average molecular weight is 289 g/mol. The summed E-state index contributed by atoms with van der Waals surface area (Å²) < 4.78 is 0. The van der Waals surface area contributed by atoms with Crippen LogP contribution in [0.4, 0.5) is 5.82 Å². The molecule has 4 heteroatoms. The summed E-state index contributed by atoms with van der Waals surface area (Å²) in [5.74, 6) is 0.808. The summed E-state index contributed by atoms with van der Waals surface area (Å²) >= 11 is 6.03. The molecular weight excluding hydrogens is 272 g/mol. The van der Waals surface area contributed by atoms with Crippen LogP contribution >= 0.6 is 11.6 Å². The predicted octanol–water partition coefficient (Wildman–Crippen LogP) is 4.14. The van der Waals surface area contributed by atoms with E-state index in [9.17, 15) is 4.79 Å². The Morgan fingerprint density at radius 3 is 2.70 bits per heavy atom. The molecule has 0 bridgehead atoms. The van der Waals surface area contributed by atoms with Crippen LogP contribution in [-0.2, 0) is 0 Å². The zero-order valence-electron chi connectivity index (χ0n) is 11.8. The summed E-state index contributed by atoms with van der Waals surface area (Å²) in [6, 6.07) is 11.4. The fourth-order valence-corrected chi connectivity index (χ4v) is 2.22. The second-order valence-corrected chi connectivity index (χ2v) is 5.24. The highest BCUT2D eigenvalue weighted by Gasteiger charge is 2.14. The van der Waals surface area contributed by atoms with Crippen LogP contribution in [0.15, 0.2) is 42.6 Å². The van der Waals surface area contributed by atoms with Crippen molar-refractivity contribution in [3.63, 3.8) is 0 Å². The summed E-state index contributed by atoms with van der Waals surface area (Å²) in [5, 5.41) is 0.716. The van der Waals surface area contributed by atoms with Gasteiger partial charge in [0.25, 0.3) is 0 Å². The first-order valence-electron chi connectivity index (χ1n) is 6.44. The van der Waals surface area contributed by atoms with Gasteiger partial charge in [-0.25, -0.2) is 4.98 Å². The van der Waals surface area contributed by atoms with Crippen molar-refractivity contribution in [1.82, 2.24) is 4.98 Å². The fraction of sp³-hybridized carbons (Fsp3) is 0.250. The average Bonchev–Trinajstić information content (AvgIpc) is 2.45. The molecule has 104 valence electrons. The molecule has 0 aliphatic carbocycles. The van der Waals surface area contributed by atoms with Gasteiger partial charge < -0.3 is 4.90 Å². The highest BCUT2D eigenvalue weighted by atomic mass is 35.5. The van der Waals surface area contributed by atoms with E-state index in [1.807, 2.05) is 42.3 Å². The van der Waals surface area contributed by atoms with Crippen LogP contribution in [0.2, 0.25) is 5.02 Å². The Kier molecular flexibility index (Phi) is 4.40. The van der Waals surface area contributed by atoms with E-state index in [1.165, 1.54) is 0 Å². The Hall–Kier alpha value is -1.87. The first-order valence-corrected chi connectivity index (χ1v) is 6.82. The van der Waals surface area contributed by atoms with Crippen molar-refractivity contribution in [2.24, 2.45) is 0 Å². The lowest BCUT2D eigenvalue weighted by Crippen LogP contribution is -2.22. The van der Waals surface area contributed by atoms with Crippen LogP contribution in [0.5, 0.6) is 0 Å². The lowest BCUT2D eigenvalue weighted by atomic mass is 10.1. The third-order valence-electron chi connectivity index (χ3n) is 3.43. The molecule has 0 fully saturated rings. The van der Waals surface area contributed by atoms with Gasteiger partial charge in [-0.05, 0) is 43.7 Å². The molecular formula is C16H17ClN2O. The molecule has 0 radical (unpaired) electrons. The number of aromatic nitrogens is 1. The van der Waals surface area contributed by atoms with Crippen molar-refractivity contribution < 1.29 is 4.79 Å². The molecule has 1 unspecified atom stereocenters. The summed E-state index contributed by atoms with van der Waals surface area (Å²) in [4.78, 5) is 17.8. The van der Waals surface area contributed by atoms with Crippen molar-refractivity contribution in [3.05, 3.63) is 58.7 Å². The third-order valence-corrected chi connectivity index (χ3v) is 3.66. The number of ketones is 1. The molecule has 3 nitrogen and oxygen atoms in total. The molecule has 2 aromatic rings. The molecule has 1 aromatic heterocycles. The van der Waals surface area contributed by atoms with Crippen molar-refractivity contribution >= 4 is 23.2 Å². The first-order chi connectivity index (χ1) is 9.49. The molecule has 1 aromatic carbocycles. The summed E-state index contributed by atoms with van der Waals surface area (Å²) in [5.41, 5.74) is 1.77. The van der Waals surface area contributed by atoms with E-state index < -0.39 is 0 Å². The Bertz CT molecular complexity index is 627. The number of nitrogens with zero attached hydrogens (tertiary/aromatic N) is 2. The van der Waals surface area contributed by atoms with Gasteiger partial charge in [0, 0.05) is 23.8 Å². The van der Waals surface area contributed by atoms with Crippen molar-refractivity contribution in [2.45, 2.75) is 19.9 Å². The number of Topliss-reactive ketones (excluding diaryl/α,β-unsaturated/α-hetero) is 1. The molecule has 20 heavy (non-hydrogen) atoms. The number of carbonyl (C=O) groups is 1. The summed E-state index contributed by atoms with van der Waals surface area (Å²) in [7, 11) is 1.96. The Morgan fingerprint density at radius 1 is 1.30 bits per heavy atom. The maximum Gasteiger partial charge on any atom is 0.159 e. The maximum atomic E-state index is 11.4. The molecule has 2 rings (SSSR count). The lowest BCUT2D eigenvalue weighted by Gasteiger charge is -2.26. The van der Waals surface area contributed by atoms with Gasteiger partial charge in [-0.2, -0.15) is 0 Å². The van der Waals surface area contributed by atoms with E-state index in [0.717, 1.165) is 11.4 Å². The van der Waals surface area contributed by atoms with E-state index in [2.05, 4.69) is 11.9 Å². The minimum Gasteiger partial charge on any atom is -0.353 e. The van der Waals surface area contributed by atoms with Gasteiger partial charge in [-0.3, -0.25) is 4.79 Å².